The van der Waals surface area contributed by atoms with Crippen LogP contribution in [0.4, 0.5) is 5.69 Å². The van der Waals surface area contributed by atoms with E-state index in [0.717, 1.165) is 29.9 Å². The second-order valence-electron chi connectivity index (χ2n) is 6.90. The Bertz CT molecular complexity index is 1040. The first-order valence-electron chi connectivity index (χ1n) is 9.01. The van der Waals surface area contributed by atoms with Crippen LogP contribution >= 0.6 is 0 Å². The third-order valence-corrected chi connectivity index (χ3v) is 5.09. The molecule has 2 aromatic heterocycles. The molecular weight excluding hydrogens is 342 g/mol. The van der Waals surface area contributed by atoms with Crippen molar-refractivity contribution in [1.82, 2.24) is 9.38 Å². The number of hydrogen-bond donors (Lipinski definition) is 1. The molecule has 1 amide bonds. The fourth-order valence-corrected chi connectivity index (χ4v) is 3.65. The zero-order valence-electron chi connectivity index (χ0n) is 15.4. The highest BCUT2D eigenvalue weighted by molar-refractivity contribution is 6.01. The SMILES string of the molecule is COC(=O)c1ccccc1NC(=O)C1CCc2nc3cc(C)ccn3c2C1. The van der Waals surface area contributed by atoms with E-state index < -0.39 is 5.97 Å². The van der Waals surface area contributed by atoms with Crippen molar-refractivity contribution in [2.75, 3.05) is 12.4 Å². The van der Waals surface area contributed by atoms with Gasteiger partial charge in [0, 0.05) is 24.2 Å². The number of pyridine rings is 1. The Morgan fingerprint density at radius 3 is 2.89 bits per heavy atom. The second kappa shape index (κ2) is 6.87. The summed E-state index contributed by atoms with van der Waals surface area (Å²) in [4.78, 5) is 29.5. The Morgan fingerprint density at radius 1 is 1.26 bits per heavy atom. The van der Waals surface area contributed by atoms with Gasteiger partial charge < -0.3 is 14.5 Å². The van der Waals surface area contributed by atoms with Gasteiger partial charge in [0.1, 0.15) is 5.65 Å². The van der Waals surface area contributed by atoms with Gasteiger partial charge in [-0.25, -0.2) is 9.78 Å². The standard InChI is InChI=1S/C21H21N3O3/c1-13-9-10-24-18-12-14(7-8-17(18)22-19(24)11-13)20(25)23-16-6-4-3-5-15(16)21(26)27-2/h3-6,9-11,14H,7-8,12H2,1-2H3,(H,23,25). The van der Waals surface area contributed by atoms with Gasteiger partial charge in [0.15, 0.2) is 0 Å². The number of fused-ring (bicyclic) bond motifs is 3. The smallest absolute Gasteiger partial charge is 0.339 e. The molecule has 3 aromatic rings. The van der Waals surface area contributed by atoms with Gasteiger partial charge in [-0.3, -0.25) is 4.79 Å². The molecule has 27 heavy (non-hydrogen) atoms. The maximum absolute atomic E-state index is 12.9. The molecule has 1 N–H and O–H groups in total. The average molecular weight is 363 g/mol. The van der Waals surface area contributed by atoms with E-state index in [1.807, 2.05) is 19.2 Å². The molecule has 1 atom stereocenters. The van der Waals surface area contributed by atoms with Gasteiger partial charge in [0.05, 0.1) is 24.1 Å². The molecule has 2 heterocycles. The summed E-state index contributed by atoms with van der Waals surface area (Å²) < 4.78 is 6.87. The summed E-state index contributed by atoms with van der Waals surface area (Å²) >= 11 is 0. The molecular formula is C21H21N3O3. The molecule has 0 spiro atoms. The van der Waals surface area contributed by atoms with Crippen LogP contribution in [0.25, 0.3) is 5.65 Å². The van der Waals surface area contributed by atoms with Crippen molar-refractivity contribution in [3.63, 3.8) is 0 Å². The lowest BCUT2D eigenvalue weighted by Gasteiger charge is -2.22. The number of carbonyl (C=O) groups is 2. The number of para-hydroxylation sites is 1. The molecule has 6 nitrogen and oxygen atoms in total. The number of aromatic nitrogens is 2. The summed E-state index contributed by atoms with van der Waals surface area (Å²) in [5.41, 5.74) is 5.09. The number of methoxy groups -OCH3 is 1. The molecule has 1 aliphatic carbocycles. The van der Waals surface area contributed by atoms with Crippen molar-refractivity contribution < 1.29 is 14.3 Å². The Labute approximate surface area is 157 Å². The highest BCUT2D eigenvalue weighted by Gasteiger charge is 2.28. The van der Waals surface area contributed by atoms with E-state index in [-0.39, 0.29) is 11.8 Å². The summed E-state index contributed by atoms with van der Waals surface area (Å²) in [5.74, 6) is -0.711. The minimum Gasteiger partial charge on any atom is -0.465 e. The van der Waals surface area contributed by atoms with E-state index in [1.54, 1.807) is 24.3 Å². The van der Waals surface area contributed by atoms with E-state index >= 15 is 0 Å². The maximum Gasteiger partial charge on any atom is 0.339 e. The number of rotatable bonds is 3. The Kier molecular flexibility index (Phi) is 4.39. The van der Waals surface area contributed by atoms with Crippen LogP contribution in [-0.4, -0.2) is 28.4 Å². The van der Waals surface area contributed by atoms with Crippen molar-refractivity contribution in [3.05, 3.63) is 65.1 Å². The average Bonchev–Trinajstić information content (AvgIpc) is 3.04. The normalized spacial score (nSPS) is 16.0. The molecule has 0 bridgehead atoms. The minimum atomic E-state index is -0.464. The van der Waals surface area contributed by atoms with Gasteiger partial charge in [0.25, 0.3) is 0 Å². The molecule has 0 radical (unpaired) electrons. The third-order valence-electron chi connectivity index (χ3n) is 5.09. The molecule has 0 fully saturated rings. The lowest BCUT2D eigenvalue weighted by Crippen LogP contribution is -2.29. The predicted octanol–water partition coefficient (Wildman–Crippen LogP) is 3.17. The van der Waals surface area contributed by atoms with Crippen molar-refractivity contribution in [1.29, 1.82) is 0 Å². The van der Waals surface area contributed by atoms with E-state index in [0.29, 0.717) is 17.7 Å². The Hall–Kier alpha value is -3.15. The van der Waals surface area contributed by atoms with Crippen LogP contribution in [-0.2, 0) is 22.4 Å². The van der Waals surface area contributed by atoms with Crippen LogP contribution in [0, 0.1) is 12.8 Å². The zero-order valence-corrected chi connectivity index (χ0v) is 15.4. The summed E-state index contributed by atoms with van der Waals surface area (Å²) in [7, 11) is 1.33. The van der Waals surface area contributed by atoms with Crippen molar-refractivity contribution >= 4 is 23.2 Å². The number of carbonyl (C=O) groups excluding carboxylic acids is 2. The van der Waals surface area contributed by atoms with Crippen LogP contribution in [0.1, 0.15) is 33.7 Å². The number of benzene rings is 1. The number of ether oxygens (including phenoxy) is 1. The molecule has 0 aliphatic heterocycles. The lowest BCUT2D eigenvalue weighted by molar-refractivity contribution is -0.120. The first kappa shape index (κ1) is 17.3. The van der Waals surface area contributed by atoms with Gasteiger partial charge in [-0.05, 0) is 49.6 Å². The Morgan fingerprint density at radius 2 is 2.07 bits per heavy atom. The fraction of sp³-hybridized carbons (Fsp3) is 0.286. The summed E-state index contributed by atoms with van der Waals surface area (Å²) in [6.45, 7) is 2.04. The third kappa shape index (κ3) is 3.18. The van der Waals surface area contributed by atoms with E-state index in [4.69, 9.17) is 9.72 Å². The van der Waals surface area contributed by atoms with Crippen molar-refractivity contribution in [2.24, 2.45) is 5.92 Å². The van der Waals surface area contributed by atoms with Crippen LogP contribution in [0.3, 0.4) is 0 Å². The topological polar surface area (TPSA) is 72.7 Å². The predicted molar refractivity (Wildman–Crippen MR) is 102 cm³/mol. The summed E-state index contributed by atoms with van der Waals surface area (Å²) in [6, 6.07) is 11.0. The van der Waals surface area contributed by atoms with Crippen LogP contribution < -0.4 is 5.32 Å². The molecule has 1 aromatic carbocycles. The number of nitrogens with one attached hydrogen (secondary N) is 1. The van der Waals surface area contributed by atoms with Crippen LogP contribution in [0.5, 0.6) is 0 Å². The molecule has 0 saturated heterocycles. The zero-order chi connectivity index (χ0) is 19.0. The molecule has 4 rings (SSSR count). The van der Waals surface area contributed by atoms with Gasteiger partial charge >= 0.3 is 5.97 Å². The summed E-state index contributed by atoms with van der Waals surface area (Å²) in [5, 5.41) is 2.91. The number of esters is 1. The first-order chi connectivity index (χ1) is 13.1. The van der Waals surface area contributed by atoms with E-state index in [1.165, 1.54) is 12.7 Å². The Balaban J connectivity index is 1.57. The first-order valence-corrected chi connectivity index (χ1v) is 9.01. The highest BCUT2D eigenvalue weighted by Crippen LogP contribution is 2.28. The summed E-state index contributed by atoms with van der Waals surface area (Å²) in [6.07, 6.45) is 4.16. The largest absolute Gasteiger partial charge is 0.465 e. The molecule has 1 unspecified atom stereocenters. The van der Waals surface area contributed by atoms with Crippen LogP contribution in [0.15, 0.2) is 42.6 Å². The number of amides is 1. The van der Waals surface area contributed by atoms with E-state index in [9.17, 15) is 9.59 Å². The maximum atomic E-state index is 12.9. The lowest BCUT2D eigenvalue weighted by atomic mass is 9.89. The van der Waals surface area contributed by atoms with Crippen LogP contribution in [0.2, 0.25) is 0 Å². The second-order valence-corrected chi connectivity index (χ2v) is 6.90. The minimum absolute atomic E-state index is 0.0842. The molecule has 0 saturated carbocycles. The molecule has 138 valence electrons. The number of imidazole rings is 1. The highest BCUT2D eigenvalue weighted by atomic mass is 16.5. The van der Waals surface area contributed by atoms with Gasteiger partial charge in [-0.1, -0.05) is 12.1 Å². The quantitative estimate of drug-likeness (QED) is 0.726. The molecule has 6 heteroatoms. The fourth-order valence-electron chi connectivity index (χ4n) is 3.65. The van der Waals surface area contributed by atoms with Gasteiger partial charge in [0.2, 0.25) is 5.91 Å². The van der Waals surface area contributed by atoms with Gasteiger partial charge in [-0.15, -0.1) is 0 Å². The van der Waals surface area contributed by atoms with E-state index in [2.05, 4.69) is 15.8 Å². The number of aryl methyl sites for hydroxylation is 2. The van der Waals surface area contributed by atoms with Crippen molar-refractivity contribution in [2.45, 2.75) is 26.2 Å². The van der Waals surface area contributed by atoms with Gasteiger partial charge in [-0.2, -0.15) is 0 Å². The number of hydrogen-bond acceptors (Lipinski definition) is 4. The molecule has 1 aliphatic rings. The number of nitrogens with zero attached hydrogens (tertiary/aromatic N) is 2. The monoisotopic (exact) mass is 363 g/mol. The van der Waals surface area contributed by atoms with Crippen molar-refractivity contribution in [3.8, 4) is 0 Å². The number of anilines is 1.